The van der Waals surface area contributed by atoms with Gasteiger partial charge in [0.05, 0.1) is 21.6 Å². The zero-order valence-corrected chi connectivity index (χ0v) is 23.8. The van der Waals surface area contributed by atoms with Gasteiger partial charge in [0.2, 0.25) is 17.7 Å². The van der Waals surface area contributed by atoms with Crippen LogP contribution in [-0.2, 0) is 15.8 Å². The summed E-state index contributed by atoms with van der Waals surface area (Å²) in [5.74, 6) is -0.690. The highest BCUT2D eigenvalue weighted by atomic mass is 32.1. The minimum absolute atomic E-state index is 0.0401. The number of hydrogen-bond donors (Lipinski definition) is 3. The largest absolute Gasteiger partial charge is 0.465 e. The summed E-state index contributed by atoms with van der Waals surface area (Å²) in [6.07, 6.45) is -4.25. The Kier molecular flexibility index (Phi) is 7.69. The number of rotatable bonds is 6. The van der Waals surface area contributed by atoms with E-state index in [0.29, 0.717) is 22.8 Å². The molecule has 15 heteroatoms. The van der Waals surface area contributed by atoms with Crippen LogP contribution in [0.4, 0.5) is 28.8 Å². The van der Waals surface area contributed by atoms with Crippen molar-refractivity contribution >= 4 is 50.3 Å². The number of benzene rings is 2. The highest BCUT2D eigenvalue weighted by molar-refractivity contribution is 7.22. The number of nitrogens with zero attached hydrogens (tertiary/aromatic N) is 4. The van der Waals surface area contributed by atoms with Crippen molar-refractivity contribution in [1.82, 2.24) is 19.9 Å². The average molecular weight is 615 g/mol. The van der Waals surface area contributed by atoms with E-state index in [2.05, 4.69) is 25.6 Å². The van der Waals surface area contributed by atoms with Crippen LogP contribution in [0.5, 0.6) is 11.6 Å². The molecule has 1 unspecified atom stereocenters. The van der Waals surface area contributed by atoms with Crippen LogP contribution in [0.2, 0.25) is 0 Å². The van der Waals surface area contributed by atoms with E-state index in [4.69, 9.17) is 4.74 Å². The monoisotopic (exact) mass is 614 g/mol. The maximum atomic E-state index is 13.6. The molecule has 224 valence electrons. The lowest BCUT2D eigenvalue weighted by Crippen LogP contribution is -2.50. The van der Waals surface area contributed by atoms with Crippen molar-refractivity contribution in [2.75, 3.05) is 10.6 Å². The molecule has 3 N–H and O–H groups in total. The number of halogens is 3. The number of anilines is 2. The van der Waals surface area contributed by atoms with Crippen molar-refractivity contribution in [3.05, 3.63) is 54.4 Å². The Morgan fingerprint density at radius 1 is 1.12 bits per heavy atom. The molecule has 1 fully saturated rings. The molecule has 2 aromatic carbocycles. The number of para-hydroxylation sites is 1. The summed E-state index contributed by atoms with van der Waals surface area (Å²) >= 11 is 1.25. The van der Waals surface area contributed by atoms with Crippen molar-refractivity contribution in [2.24, 2.45) is 0 Å². The van der Waals surface area contributed by atoms with Gasteiger partial charge in [-0.15, -0.1) is 0 Å². The molecule has 0 radical (unpaired) electrons. The number of fused-ring (bicyclic) bond motifs is 1. The van der Waals surface area contributed by atoms with Gasteiger partial charge in [0.1, 0.15) is 17.9 Å². The van der Waals surface area contributed by atoms with E-state index in [9.17, 15) is 32.7 Å². The first-order valence-corrected chi connectivity index (χ1v) is 13.8. The molecule has 43 heavy (non-hydrogen) atoms. The lowest BCUT2D eigenvalue weighted by Gasteiger charge is -2.32. The second-order valence-electron chi connectivity index (χ2n) is 10.4. The van der Waals surface area contributed by atoms with Crippen LogP contribution in [0, 0.1) is 0 Å². The molecule has 3 heterocycles. The molecule has 0 aliphatic carbocycles. The minimum Gasteiger partial charge on any atom is -0.465 e. The third-order valence-electron chi connectivity index (χ3n) is 6.90. The first-order valence-electron chi connectivity index (χ1n) is 12.9. The Morgan fingerprint density at radius 2 is 1.88 bits per heavy atom. The number of nitrogens with one attached hydrogen (secondary N) is 2. The highest BCUT2D eigenvalue weighted by Crippen LogP contribution is 2.39. The maximum Gasteiger partial charge on any atom is 0.416 e. The lowest BCUT2D eigenvalue weighted by atomic mass is 10.0. The van der Waals surface area contributed by atoms with Crippen LogP contribution in [0.1, 0.15) is 39.2 Å². The summed E-state index contributed by atoms with van der Waals surface area (Å²) < 4.78 is 47.6. The van der Waals surface area contributed by atoms with Gasteiger partial charge >= 0.3 is 12.3 Å². The topological polar surface area (TPSA) is 147 Å². The molecule has 1 aliphatic rings. The van der Waals surface area contributed by atoms with Crippen LogP contribution in [0.15, 0.2) is 48.8 Å². The maximum absolute atomic E-state index is 13.6. The van der Waals surface area contributed by atoms with Crippen LogP contribution in [-0.4, -0.2) is 54.4 Å². The zero-order valence-electron chi connectivity index (χ0n) is 23.0. The third kappa shape index (κ3) is 6.21. The second-order valence-corrected chi connectivity index (χ2v) is 11.4. The smallest absolute Gasteiger partial charge is 0.416 e. The van der Waals surface area contributed by atoms with Crippen molar-refractivity contribution in [3.63, 3.8) is 0 Å². The highest BCUT2D eigenvalue weighted by Gasteiger charge is 2.46. The van der Waals surface area contributed by atoms with E-state index < -0.39 is 35.3 Å². The molecule has 5 rings (SSSR count). The number of alkyl halides is 3. The fraction of sp³-hybridized carbons (Fsp3) is 0.286. The SMILES string of the molecule is CC(=O)Nc1nc2c(Oc3cc(-c4ccc(C(F)(F)F)cc4NC(=O)C4CCC(C)(C)N4C(=O)O)ncn3)cccc2s1. The van der Waals surface area contributed by atoms with Crippen LogP contribution in [0.3, 0.4) is 0 Å². The molecule has 2 aromatic heterocycles. The number of carbonyl (C=O) groups is 3. The minimum atomic E-state index is -4.71. The Morgan fingerprint density at radius 3 is 2.58 bits per heavy atom. The molecule has 4 aromatic rings. The molecule has 3 amide bonds. The summed E-state index contributed by atoms with van der Waals surface area (Å²) in [7, 11) is 0. The van der Waals surface area contributed by atoms with Gasteiger partial charge in [-0.3, -0.25) is 14.5 Å². The molecule has 11 nitrogen and oxygen atoms in total. The van der Waals surface area contributed by atoms with Crippen LogP contribution in [0.25, 0.3) is 21.5 Å². The molecule has 1 saturated heterocycles. The molecule has 0 saturated carbocycles. The van der Waals surface area contributed by atoms with Gasteiger partial charge in [-0.1, -0.05) is 23.5 Å². The fourth-order valence-corrected chi connectivity index (χ4v) is 5.86. The van der Waals surface area contributed by atoms with Gasteiger partial charge in [0, 0.05) is 24.1 Å². The predicted octanol–water partition coefficient (Wildman–Crippen LogP) is 6.38. The Balaban J connectivity index is 1.49. The Hall–Kier alpha value is -4.79. The zero-order chi connectivity index (χ0) is 31.1. The van der Waals surface area contributed by atoms with Crippen molar-refractivity contribution in [1.29, 1.82) is 0 Å². The van der Waals surface area contributed by atoms with Gasteiger partial charge in [-0.2, -0.15) is 13.2 Å². The van der Waals surface area contributed by atoms with E-state index >= 15 is 0 Å². The second kappa shape index (κ2) is 11.1. The summed E-state index contributed by atoms with van der Waals surface area (Å²) in [6.45, 7) is 4.72. The van der Waals surface area contributed by atoms with Gasteiger partial charge in [-0.25, -0.2) is 19.7 Å². The molecule has 1 atom stereocenters. The van der Waals surface area contributed by atoms with E-state index in [1.165, 1.54) is 30.4 Å². The van der Waals surface area contributed by atoms with Crippen LogP contribution < -0.4 is 15.4 Å². The standard InChI is InChI=1S/C28H25F3N6O5S/c1-14(38)34-25-36-23-20(5-4-6-21(23)43-25)42-22-12-17(32-13-33-22)16-8-7-15(28(29,30)31)11-18(16)35-24(39)19-9-10-27(2,3)37(19)26(40)41/h4-8,11-13,19H,9-10H2,1-3H3,(H,35,39)(H,40,41)(H,34,36,38). The first-order chi connectivity index (χ1) is 20.2. The molecular formula is C28H25F3N6O5S. The lowest BCUT2D eigenvalue weighted by molar-refractivity contribution is -0.137. The molecular weight excluding hydrogens is 589 g/mol. The Labute approximate surface area is 246 Å². The first kappa shape index (κ1) is 29.7. The Bertz CT molecular complexity index is 1740. The molecule has 0 bridgehead atoms. The number of carboxylic acid groups (broad SMARTS) is 1. The van der Waals surface area contributed by atoms with Gasteiger partial charge in [0.15, 0.2) is 10.9 Å². The summed E-state index contributed by atoms with van der Waals surface area (Å²) in [5, 5.41) is 15.2. The van der Waals surface area contributed by atoms with Gasteiger partial charge < -0.3 is 20.5 Å². The third-order valence-corrected chi connectivity index (χ3v) is 7.84. The summed E-state index contributed by atoms with van der Waals surface area (Å²) in [5.41, 5.74) is -1.31. The number of carbonyl (C=O) groups excluding carboxylic acids is 2. The van der Waals surface area contributed by atoms with Gasteiger partial charge in [-0.05, 0) is 51.0 Å². The van der Waals surface area contributed by atoms with E-state index in [0.717, 1.165) is 28.1 Å². The van der Waals surface area contributed by atoms with Crippen molar-refractivity contribution in [3.8, 4) is 22.9 Å². The predicted molar refractivity (Wildman–Crippen MR) is 152 cm³/mol. The normalized spacial score (nSPS) is 16.2. The van der Waals surface area contributed by atoms with Gasteiger partial charge in [0.25, 0.3) is 0 Å². The number of ether oxygens (including phenoxy) is 1. The van der Waals surface area contributed by atoms with E-state index in [1.807, 2.05) is 0 Å². The van der Waals surface area contributed by atoms with Crippen LogP contribution >= 0.6 is 11.3 Å². The summed E-state index contributed by atoms with van der Waals surface area (Å²) in [4.78, 5) is 50.4. The number of likely N-dealkylation sites (tertiary alicyclic amines) is 1. The number of aromatic nitrogens is 3. The number of amides is 3. The van der Waals surface area contributed by atoms with E-state index in [1.54, 1.807) is 32.0 Å². The van der Waals surface area contributed by atoms with E-state index in [-0.39, 0.29) is 35.2 Å². The fourth-order valence-electron chi connectivity index (χ4n) is 4.93. The average Bonchev–Trinajstić information content (AvgIpc) is 3.48. The number of hydrogen-bond acceptors (Lipinski definition) is 8. The van der Waals surface area contributed by atoms with Crippen molar-refractivity contribution < 1.29 is 37.4 Å². The quantitative estimate of drug-likeness (QED) is 0.227. The summed E-state index contributed by atoms with van der Waals surface area (Å²) in [6, 6.07) is 8.26. The number of thiazole rings is 1. The molecule has 0 spiro atoms. The van der Waals surface area contributed by atoms with Crippen molar-refractivity contribution in [2.45, 2.75) is 51.4 Å². The molecule has 1 aliphatic heterocycles.